The summed E-state index contributed by atoms with van der Waals surface area (Å²) < 4.78 is 5.02. The maximum Gasteiger partial charge on any atom is 0.305 e. The van der Waals surface area contributed by atoms with Gasteiger partial charge < -0.3 is 14.9 Å². The minimum Gasteiger partial charge on any atom is -0.462 e. The van der Waals surface area contributed by atoms with E-state index in [1.807, 2.05) is 0 Å². The number of carbonyl (C=O) groups excluding carboxylic acids is 1. The fourth-order valence-corrected chi connectivity index (χ4v) is 1.58. The highest BCUT2D eigenvalue weighted by molar-refractivity contribution is 5.69. The summed E-state index contributed by atoms with van der Waals surface area (Å²) >= 11 is 0. The van der Waals surface area contributed by atoms with Gasteiger partial charge in [0, 0.05) is 19.3 Å². The molecule has 13 heavy (non-hydrogen) atoms. The Hall–Kier alpha value is -0.610. The van der Waals surface area contributed by atoms with Crippen molar-refractivity contribution < 1.29 is 19.7 Å². The molecule has 3 atom stereocenters. The maximum absolute atomic E-state index is 10.9. The van der Waals surface area contributed by atoms with E-state index >= 15 is 0 Å². The highest BCUT2D eigenvalue weighted by Gasteiger charge is 2.28. The summed E-state index contributed by atoms with van der Waals surface area (Å²) in [4.78, 5) is 10.9. The molecule has 76 valence electrons. The molecule has 0 bridgehead atoms. The number of ether oxygens (including phenoxy) is 1. The van der Waals surface area contributed by atoms with Gasteiger partial charge in [0.05, 0.1) is 12.2 Å². The molecule has 0 spiro atoms. The second-order valence-electron chi connectivity index (χ2n) is 3.48. The predicted molar refractivity (Wildman–Crippen MR) is 46.0 cm³/mol. The molecule has 0 aromatic heterocycles. The molecule has 1 aliphatic carbocycles. The summed E-state index contributed by atoms with van der Waals surface area (Å²) in [6.07, 6.45) is 0.220. The van der Waals surface area contributed by atoms with Crippen LogP contribution in [0.5, 0.6) is 0 Å². The molecule has 0 aromatic rings. The lowest BCUT2D eigenvalue weighted by atomic mass is 9.92. The number of rotatable bonds is 2. The highest BCUT2D eigenvalue weighted by Crippen LogP contribution is 2.21. The third kappa shape index (κ3) is 3.32. The van der Waals surface area contributed by atoms with Crippen molar-refractivity contribution in [2.45, 2.75) is 50.9 Å². The largest absolute Gasteiger partial charge is 0.462 e. The van der Waals surface area contributed by atoms with Crippen LogP contribution in [-0.4, -0.2) is 34.5 Å². The molecular weight excluding hydrogens is 172 g/mol. The Morgan fingerprint density at radius 2 is 1.85 bits per heavy atom. The lowest BCUT2D eigenvalue weighted by molar-refractivity contribution is -0.154. The van der Waals surface area contributed by atoms with Crippen LogP contribution in [0.3, 0.4) is 0 Å². The van der Waals surface area contributed by atoms with Crippen molar-refractivity contribution in [2.24, 2.45) is 0 Å². The molecule has 0 saturated heterocycles. The molecule has 0 heterocycles. The molecule has 1 rings (SSSR count). The quantitative estimate of drug-likeness (QED) is 0.608. The lowest BCUT2D eigenvalue weighted by Gasteiger charge is -2.29. The van der Waals surface area contributed by atoms with Crippen molar-refractivity contribution in [1.29, 1.82) is 0 Å². The van der Waals surface area contributed by atoms with Crippen molar-refractivity contribution in [2.75, 3.05) is 0 Å². The van der Waals surface area contributed by atoms with Gasteiger partial charge in [-0.15, -0.1) is 0 Å². The number of aliphatic hydroxyl groups excluding tert-OH is 2. The Morgan fingerprint density at radius 3 is 2.31 bits per heavy atom. The van der Waals surface area contributed by atoms with Gasteiger partial charge in [-0.2, -0.15) is 0 Å². The van der Waals surface area contributed by atoms with Crippen LogP contribution in [0.4, 0.5) is 0 Å². The van der Waals surface area contributed by atoms with E-state index in [4.69, 9.17) is 4.74 Å². The van der Waals surface area contributed by atoms with Crippen LogP contribution in [0.15, 0.2) is 0 Å². The third-order valence-corrected chi connectivity index (χ3v) is 2.20. The van der Waals surface area contributed by atoms with Crippen LogP contribution in [0.1, 0.15) is 32.6 Å². The van der Waals surface area contributed by atoms with Crippen LogP contribution in [0.25, 0.3) is 0 Å². The smallest absolute Gasteiger partial charge is 0.305 e. The Balaban J connectivity index is 2.37. The minimum atomic E-state index is -0.543. The lowest BCUT2D eigenvalue weighted by Crippen LogP contribution is -2.35. The first-order valence-corrected chi connectivity index (χ1v) is 4.67. The van der Waals surface area contributed by atoms with Gasteiger partial charge in [-0.3, -0.25) is 4.79 Å². The first-order chi connectivity index (χ1) is 6.11. The molecule has 4 heteroatoms. The van der Waals surface area contributed by atoms with E-state index in [0.29, 0.717) is 25.7 Å². The summed E-state index contributed by atoms with van der Waals surface area (Å²) in [6, 6.07) is 0. The molecule has 2 N–H and O–H groups in total. The van der Waals surface area contributed by atoms with Gasteiger partial charge in [-0.25, -0.2) is 0 Å². The SMILES string of the molecule is CCC(=O)OC1C[C@@H](O)C[C@@H](O)C1. The van der Waals surface area contributed by atoms with Crippen LogP contribution in [0.2, 0.25) is 0 Å². The van der Waals surface area contributed by atoms with Gasteiger partial charge >= 0.3 is 5.97 Å². The fraction of sp³-hybridized carbons (Fsp3) is 0.889. The Kier molecular flexibility index (Phi) is 3.69. The van der Waals surface area contributed by atoms with E-state index in [1.54, 1.807) is 6.92 Å². The molecule has 4 nitrogen and oxygen atoms in total. The normalized spacial score (nSPS) is 34.2. The topological polar surface area (TPSA) is 66.8 Å². The van der Waals surface area contributed by atoms with Gasteiger partial charge in [-0.05, 0) is 6.42 Å². The molecule has 1 aliphatic rings. The molecular formula is C9H16O4. The summed E-state index contributed by atoms with van der Waals surface area (Å²) in [5, 5.41) is 18.6. The van der Waals surface area contributed by atoms with Crippen molar-refractivity contribution in [3.63, 3.8) is 0 Å². The zero-order valence-corrected chi connectivity index (χ0v) is 7.77. The fourth-order valence-electron chi connectivity index (χ4n) is 1.58. The summed E-state index contributed by atoms with van der Waals surface area (Å²) in [5.74, 6) is -0.272. The zero-order chi connectivity index (χ0) is 9.84. The number of hydrogen-bond acceptors (Lipinski definition) is 4. The minimum absolute atomic E-state index is 0.272. The molecule has 0 aliphatic heterocycles. The van der Waals surface area contributed by atoms with Gasteiger partial charge in [0.15, 0.2) is 0 Å². The molecule has 0 radical (unpaired) electrons. The number of aliphatic hydroxyl groups is 2. The van der Waals surface area contributed by atoms with Crippen molar-refractivity contribution >= 4 is 5.97 Å². The summed E-state index contributed by atoms with van der Waals surface area (Å²) in [7, 11) is 0. The van der Waals surface area contributed by atoms with Gasteiger partial charge in [0.1, 0.15) is 6.10 Å². The van der Waals surface area contributed by atoms with E-state index < -0.39 is 12.2 Å². The number of hydrogen-bond donors (Lipinski definition) is 2. The average Bonchev–Trinajstić information content (AvgIpc) is 2.02. The van der Waals surface area contributed by atoms with Crippen LogP contribution in [-0.2, 0) is 9.53 Å². The number of carbonyl (C=O) groups is 1. The van der Waals surface area contributed by atoms with E-state index in [0.717, 1.165) is 0 Å². The highest BCUT2D eigenvalue weighted by atomic mass is 16.5. The van der Waals surface area contributed by atoms with Gasteiger partial charge in [-0.1, -0.05) is 6.92 Å². The zero-order valence-electron chi connectivity index (χ0n) is 7.77. The van der Waals surface area contributed by atoms with E-state index in [2.05, 4.69) is 0 Å². The monoisotopic (exact) mass is 188 g/mol. The molecule has 1 saturated carbocycles. The van der Waals surface area contributed by atoms with E-state index in [1.165, 1.54) is 0 Å². The van der Waals surface area contributed by atoms with Crippen molar-refractivity contribution in [3.8, 4) is 0 Å². The number of esters is 1. The average molecular weight is 188 g/mol. The standard InChI is InChI=1S/C9H16O4/c1-2-9(12)13-8-4-6(10)3-7(11)5-8/h6-8,10-11H,2-5H2,1H3/t6-,7+,8?. The second-order valence-corrected chi connectivity index (χ2v) is 3.48. The first kappa shape index (κ1) is 10.5. The Morgan fingerprint density at radius 1 is 1.31 bits per heavy atom. The molecule has 0 aromatic carbocycles. The van der Waals surface area contributed by atoms with Crippen LogP contribution < -0.4 is 0 Å². The predicted octanol–water partition coefficient (Wildman–Crippen LogP) is 0.214. The van der Waals surface area contributed by atoms with Crippen LogP contribution in [0, 0.1) is 0 Å². The molecule has 1 fully saturated rings. The van der Waals surface area contributed by atoms with E-state index in [9.17, 15) is 15.0 Å². The summed E-state index contributed by atoms with van der Waals surface area (Å²) in [5.41, 5.74) is 0. The first-order valence-electron chi connectivity index (χ1n) is 4.67. The Bertz CT molecular complexity index is 170. The third-order valence-electron chi connectivity index (χ3n) is 2.20. The van der Waals surface area contributed by atoms with Crippen molar-refractivity contribution in [1.82, 2.24) is 0 Å². The maximum atomic E-state index is 10.9. The van der Waals surface area contributed by atoms with Crippen molar-refractivity contribution in [3.05, 3.63) is 0 Å². The van der Waals surface area contributed by atoms with E-state index in [-0.39, 0.29) is 12.1 Å². The second kappa shape index (κ2) is 4.58. The van der Waals surface area contributed by atoms with Gasteiger partial charge in [0.25, 0.3) is 0 Å². The summed E-state index contributed by atoms with van der Waals surface area (Å²) in [6.45, 7) is 1.72. The molecule has 1 unspecified atom stereocenters. The molecule has 0 amide bonds. The van der Waals surface area contributed by atoms with Crippen LogP contribution >= 0.6 is 0 Å². The van der Waals surface area contributed by atoms with Gasteiger partial charge in [0.2, 0.25) is 0 Å². The Labute approximate surface area is 77.5 Å².